The molecule has 14 atom stereocenters. The van der Waals surface area contributed by atoms with Crippen LogP contribution in [0.3, 0.4) is 0 Å². The number of Topliss-reactive ketones (excluding diaryl/α,β-unsaturated/α-hetero) is 2. The van der Waals surface area contributed by atoms with Crippen LogP contribution in [0.1, 0.15) is 79.5 Å². The zero-order valence-electron chi connectivity index (χ0n) is 37.1. The summed E-state index contributed by atoms with van der Waals surface area (Å²) in [6.45, 7) is 18.4. The highest BCUT2D eigenvalue weighted by Crippen LogP contribution is 2.56. The van der Waals surface area contributed by atoms with Gasteiger partial charge in [0.05, 0.1) is 27.6 Å². The molecule has 0 amide bonds. The minimum absolute atomic E-state index is 0.0513. The van der Waals surface area contributed by atoms with Gasteiger partial charge >= 0.3 is 11.9 Å². The molecule has 4 saturated heterocycles. The lowest BCUT2D eigenvalue weighted by Crippen LogP contribution is -2.60. The Morgan fingerprint density at radius 2 is 1.79 bits per heavy atom. The first kappa shape index (κ1) is 46.6. The van der Waals surface area contributed by atoms with Gasteiger partial charge in [0.25, 0.3) is 0 Å². The van der Waals surface area contributed by atoms with Crippen LogP contribution in [0.15, 0.2) is 43.2 Å². The number of cyclic esters (lactones) is 1. The first-order valence-corrected chi connectivity index (χ1v) is 22.1. The summed E-state index contributed by atoms with van der Waals surface area (Å²) in [4.78, 5) is 72.0. The Kier molecular flexibility index (Phi) is 14.1. The normalized spacial score (nSPS) is 38.6. The van der Waals surface area contributed by atoms with Crippen LogP contribution in [0.2, 0.25) is 0 Å². The van der Waals surface area contributed by atoms with Crippen molar-refractivity contribution in [2.45, 2.75) is 129 Å². The number of aromatic nitrogens is 2. The predicted molar refractivity (Wildman–Crippen MR) is 228 cm³/mol. The first-order chi connectivity index (χ1) is 28.8. The molecule has 0 radical (unpaired) electrons. The van der Waals surface area contributed by atoms with Gasteiger partial charge in [-0.1, -0.05) is 45.6 Å². The summed E-state index contributed by atoms with van der Waals surface area (Å²) < 4.78 is 32.2. The number of carbonyl (C=O) groups excluding carboxylic acids is 4. The highest BCUT2D eigenvalue weighted by atomic mass is 32.1. The Bertz CT molecular complexity index is 2020. The topological polar surface area (TPSA) is 167 Å². The molecule has 332 valence electrons. The number of hydrogen-bond acceptors (Lipinski definition) is 15. The number of likely N-dealkylation sites (N-methyl/N-ethyl adjacent to an activating group) is 1. The third-order valence-corrected chi connectivity index (χ3v) is 14.4. The lowest BCUT2D eigenvalue weighted by atomic mass is 9.62. The van der Waals surface area contributed by atoms with Crippen molar-refractivity contribution in [1.29, 1.82) is 0 Å². The SMILES string of the molecule is C=CCN1CC2(C)C(=O)[C@H](C)C[C@](C)(OCC#Cc3ccc(-c4ncccn4)s3)[C@H](O[C@@H]3O[C@H](C)C[C@H](N(C)C)[C@H]3O)[C@@H](C)C(=O)[C@@H](C)C(=O)O[C@@H](CC)[C@@]3(C)OC(=O)C1C23. The van der Waals surface area contributed by atoms with Gasteiger partial charge in [-0.05, 0) is 79.3 Å². The molecule has 4 aliphatic heterocycles. The zero-order chi connectivity index (χ0) is 44.6. The summed E-state index contributed by atoms with van der Waals surface area (Å²) >= 11 is 1.43. The van der Waals surface area contributed by atoms with E-state index in [-0.39, 0.29) is 43.9 Å². The largest absolute Gasteiger partial charge is 0.458 e. The van der Waals surface area contributed by atoms with E-state index in [9.17, 15) is 19.5 Å². The Hall–Kier alpha value is -3.88. The summed E-state index contributed by atoms with van der Waals surface area (Å²) in [5, 5.41) is 11.7. The third kappa shape index (κ3) is 9.00. The van der Waals surface area contributed by atoms with E-state index in [1.54, 1.807) is 45.3 Å². The highest BCUT2D eigenvalue weighted by Gasteiger charge is 2.71. The first-order valence-electron chi connectivity index (χ1n) is 21.3. The van der Waals surface area contributed by atoms with Crippen LogP contribution >= 0.6 is 11.3 Å². The number of carbonyl (C=O) groups is 4. The predicted octanol–water partition coefficient (Wildman–Crippen LogP) is 4.72. The average molecular weight is 863 g/mol. The minimum Gasteiger partial charge on any atom is -0.458 e. The van der Waals surface area contributed by atoms with Crippen molar-refractivity contribution >= 4 is 34.8 Å². The summed E-state index contributed by atoms with van der Waals surface area (Å²) in [5.41, 5.74) is -3.97. The average Bonchev–Trinajstić information content (AvgIpc) is 3.91. The molecule has 0 saturated carbocycles. The van der Waals surface area contributed by atoms with Gasteiger partial charge in [-0.2, -0.15) is 0 Å². The van der Waals surface area contributed by atoms with Crippen LogP contribution in [-0.4, -0.2) is 136 Å². The second kappa shape index (κ2) is 18.5. The second-order valence-electron chi connectivity index (χ2n) is 18.1. The van der Waals surface area contributed by atoms with Crippen LogP contribution in [0, 0.1) is 40.9 Å². The smallest absolute Gasteiger partial charge is 0.324 e. The number of hydrogen-bond donors (Lipinski definition) is 1. The number of ketones is 2. The molecule has 0 aliphatic carbocycles. The Morgan fingerprint density at radius 3 is 2.44 bits per heavy atom. The van der Waals surface area contributed by atoms with Gasteiger partial charge in [0, 0.05) is 54.7 Å². The molecule has 61 heavy (non-hydrogen) atoms. The number of ether oxygens (including phenoxy) is 5. The van der Waals surface area contributed by atoms with E-state index in [0.717, 1.165) is 9.75 Å². The number of likely N-dealkylation sites (tertiary alicyclic amines) is 1. The van der Waals surface area contributed by atoms with Crippen molar-refractivity contribution in [2.24, 2.45) is 29.1 Å². The monoisotopic (exact) mass is 862 g/mol. The zero-order valence-corrected chi connectivity index (χ0v) is 37.9. The number of thiophene rings is 1. The Morgan fingerprint density at radius 1 is 1.08 bits per heavy atom. The standard InChI is InChI=1S/C46H62N4O10S/c1-12-21-50-25-44(7)37-34(50)42(55)60-46(37,9)33(13-2)58-41(54)29(6)35(51)28(5)39(59-43-36(52)31(49(10)11)23-27(4)57-43)45(8,24-26(3)38(44)53)56-22-14-16-30-17-18-32(61-30)40-47-19-15-20-48-40/h12,15,17-20,26-29,31,33-34,36-37,39,43,52H,1,13,21-25H2,2-11H3/t26-,27-,28+,29-,31+,33+,34?,36-,37?,39-,43+,44?,45+,46-/m1/s1. The highest BCUT2D eigenvalue weighted by molar-refractivity contribution is 7.15. The number of aliphatic hydroxyl groups is 1. The second-order valence-corrected chi connectivity index (χ2v) is 19.2. The maximum absolute atomic E-state index is 15.3. The summed E-state index contributed by atoms with van der Waals surface area (Å²) in [7, 11) is 3.74. The van der Waals surface area contributed by atoms with Gasteiger partial charge in [-0.15, -0.1) is 17.9 Å². The molecule has 4 aliphatic rings. The molecular formula is C46H62N4O10S. The van der Waals surface area contributed by atoms with Gasteiger partial charge in [-0.25, -0.2) is 9.97 Å². The summed E-state index contributed by atoms with van der Waals surface area (Å²) in [6, 6.07) is 4.41. The minimum atomic E-state index is -1.44. The van der Waals surface area contributed by atoms with Crippen molar-refractivity contribution in [3.05, 3.63) is 48.1 Å². The van der Waals surface area contributed by atoms with E-state index in [0.29, 0.717) is 18.8 Å². The number of rotatable bonds is 9. The molecule has 0 aromatic carbocycles. The van der Waals surface area contributed by atoms with Crippen molar-refractivity contribution < 1.29 is 48.0 Å². The van der Waals surface area contributed by atoms with Crippen LogP contribution < -0.4 is 0 Å². The molecule has 4 fully saturated rings. The summed E-state index contributed by atoms with van der Waals surface area (Å²) in [5.74, 6) is 1.22. The third-order valence-electron chi connectivity index (χ3n) is 13.4. The van der Waals surface area contributed by atoms with Crippen molar-refractivity contribution in [3.63, 3.8) is 0 Å². The maximum atomic E-state index is 15.3. The van der Waals surface area contributed by atoms with Gasteiger partial charge in [-0.3, -0.25) is 24.1 Å². The Labute approximate surface area is 363 Å². The fourth-order valence-corrected chi connectivity index (χ4v) is 11.3. The van der Waals surface area contributed by atoms with E-state index in [2.05, 4.69) is 28.4 Å². The number of nitrogens with zero attached hydrogens (tertiary/aromatic N) is 4. The van der Waals surface area contributed by atoms with Crippen molar-refractivity contribution in [1.82, 2.24) is 19.8 Å². The number of aliphatic hydroxyl groups excluding tert-OH is 1. The molecule has 15 heteroatoms. The molecule has 14 nitrogen and oxygen atoms in total. The lowest BCUT2D eigenvalue weighted by Gasteiger charge is -2.48. The van der Waals surface area contributed by atoms with Gasteiger partial charge < -0.3 is 33.7 Å². The quantitative estimate of drug-likeness (QED) is 0.159. The summed E-state index contributed by atoms with van der Waals surface area (Å²) in [6.07, 6.45) is 1.20. The van der Waals surface area contributed by atoms with Crippen LogP contribution in [0.25, 0.3) is 10.7 Å². The van der Waals surface area contributed by atoms with E-state index in [1.165, 1.54) is 18.3 Å². The Balaban J connectivity index is 1.44. The lowest BCUT2D eigenvalue weighted by molar-refractivity contribution is -0.296. The molecule has 0 bridgehead atoms. The molecule has 2 aromatic rings. The van der Waals surface area contributed by atoms with Crippen molar-refractivity contribution in [2.75, 3.05) is 33.8 Å². The van der Waals surface area contributed by atoms with Gasteiger partial charge in [0.1, 0.15) is 36.6 Å². The molecule has 6 heterocycles. The van der Waals surface area contributed by atoms with E-state index < -0.39 is 88.7 Å². The molecular weight excluding hydrogens is 801 g/mol. The van der Waals surface area contributed by atoms with E-state index in [4.69, 9.17) is 23.7 Å². The molecule has 3 unspecified atom stereocenters. The molecule has 2 aromatic heterocycles. The maximum Gasteiger partial charge on any atom is 0.324 e. The van der Waals surface area contributed by atoms with Gasteiger partial charge in [0.15, 0.2) is 23.5 Å². The van der Waals surface area contributed by atoms with Gasteiger partial charge in [0.2, 0.25) is 0 Å². The van der Waals surface area contributed by atoms with Crippen LogP contribution in [0.4, 0.5) is 0 Å². The molecule has 1 N–H and O–H groups in total. The molecule has 6 rings (SSSR count). The fourth-order valence-electron chi connectivity index (χ4n) is 10.5. The van der Waals surface area contributed by atoms with E-state index in [1.807, 2.05) is 63.7 Å². The van der Waals surface area contributed by atoms with E-state index >= 15 is 4.79 Å². The van der Waals surface area contributed by atoms with Crippen LogP contribution in [0.5, 0.6) is 0 Å². The fraction of sp³-hybridized carbons (Fsp3) is 0.652. The number of esters is 2. The van der Waals surface area contributed by atoms with Crippen molar-refractivity contribution in [3.8, 4) is 22.5 Å². The van der Waals surface area contributed by atoms with Crippen LogP contribution in [-0.2, 0) is 42.9 Å². The molecule has 0 spiro atoms.